The normalized spacial score (nSPS) is 12.7. The molecular formula is C14H18ClN3. The topological polar surface area (TPSA) is 41.6 Å². The molecule has 0 amide bonds. The molecular weight excluding hydrogens is 246 g/mol. The van der Waals surface area contributed by atoms with Gasteiger partial charge in [-0.15, -0.1) is 0 Å². The van der Waals surface area contributed by atoms with Gasteiger partial charge in [0.2, 0.25) is 0 Å². The van der Waals surface area contributed by atoms with Crippen LogP contribution in [0.3, 0.4) is 0 Å². The largest absolute Gasteiger partial charge is 0.198 e. The number of benzene rings is 1. The predicted molar refractivity (Wildman–Crippen MR) is 74.0 cm³/mol. The molecule has 0 saturated heterocycles. The molecule has 1 aromatic carbocycles. The molecule has 4 heteroatoms. The van der Waals surface area contributed by atoms with Gasteiger partial charge in [0.25, 0.3) is 0 Å². The summed E-state index contributed by atoms with van der Waals surface area (Å²) in [5.74, 6) is 0.391. The second-order valence-corrected chi connectivity index (χ2v) is 5.14. The van der Waals surface area contributed by atoms with Gasteiger partial charge in [0.1, 0.15) is 0 Å². The number of nitrogens with zero attached hydrogens (tertiary/aromatic N) is 2. The molecule has 1 heterocycles. The van der Waals surface area contributed by atoms with E-state index in [0.29, 0.717) is 5.92 Å². The molecule has 0 aliphatic rings. The summed E-state index contributed by atoms with van der Waals surface area (Å²) >= 11 is 6.37. The average molecular weight is 264 g/mol. The number of aryl methyl sites for hydroxylation is 2. The van der Waals surface area contributed by atoms with Crippen LogP contribution in [0.1, 0.15) is 41.6 Å². The summed E-state index contributed by atoms with van der Waals surface area (Å²) in [6.45, 7) is 6.39. The molecule has 1 atom stereocenters. The fourth-order valence-electron chi connectivity index (χ4n) is 2.17. The fraction of sp³-hybridized carbons (Fsp3) is 0.429. The molecule has 1 N–H and O–H groups in total. The minimum atomic E-state index is 0.391. The molecule has 0 saturated carbocycles. The Labute approximate surface area is 113 Å². The number of nitrogens with one attached hydrogen (secondary N) is 1. The maximum atomic E-state index is 6.37. The molecule has 96 valence electrons. The summed E-state index contributed by atoms with van der Waals surface area (Å²) in [5, 5.41) is 11.5. The van der Waals surface area contributed by atoms with E-state index in [1.54, 1.807) is 6.20 Å². The first-order valence-corrected chi connectivity index (χ1v) is 6.61. The van der Waals surface area contributed by atoms with Gasteiger partial charge in [-0.1, -0.05) is 24.6 Å². The van der Waals surface area contributed by atoms with Gasteiger partial charge in [0, 0.05) is 11.4 Å². The monoisotopic (exact) mass is 263 g/mol. The van der Waals surface area contributed by atoms with Crippen LogP contribution in [0.15, 0.2) is 18.3 Å². The summed E-state index contributed by atoms with van der Waals surface area (Å²) in [6, 6.07) is 4.25. The number of halogens is 1. The summed E-state index contributed by atoms with van der Waals surface area (Å²) in [4.78, 5) is 0. The highest BCUT2D eigenvalue weighted by Gasteiger charge is 2.16. The Morgan fingerprint density at radius 3 is 2.61 bits per heavy atom. The Hall–Kier alpha value is -1.35. The highest BCUT2D eigenvalue weighted by Crippen LogP contribution is 2.31. The van der Waals surface area contributed by atoms with Crippen molar-refractivity contribution in [2.24, 2.45) is 0 Å². The maximum absolute atomic E-state index is 6.37. The maximum Gasteiger partial charge on any atom is 0.0830 e. The zero-order chi connectivity index (χ0) is 13.1. The molecule has 0 aliphatic carbocycles. The number of aromatic amines is 1. The second kappa shape index (κ2) is 5.53. The average Bonchev–Trinajstić information content (AvgIpc) is 2.84. The Balaban J connectivity index is 2.30. The van der Waals surface area contributed by atoms with Gasteiger partial charge in [-0.3, -0.25) is 0 Å². The molecule has 0 radical (unpaired) electrons. The lowest BCUT2D eigenvalue weighted by Crippen LogP contribution is -2.04. The first-order chi connectivity index (χ1) is 8.61. The summed E-state index contributed by atoms with van der Waals surface area (Å²) in [6.07, 6.45) is 3.68. The van der Waals surface area contributed by atoms with E-state index in [1.807, 2.05) is 0 Å². The SMILES string of the molecule is CCC(Cc1cn[nH]n1)c1cc(C)c(C)cc1Cl. The van der Waals surface area contributed by atoms with Crippen LogP contribution in [-0.2, 0) is 6.42 Å². The lowest BCUT2D eigenvalue weighted by atomic mass is 9.90. The third-order valence-electron chi connectivity index (χ3n) is 3.47. The van der Waals surface area contributed by atoms with E-state index >= 15 is 0 Å². The Bertz CT molecular complexity index is 520. The third kappa shape index (κ3) is 2.72. The van der Waals surface area contributed by atoms with Gasteiger partial charge in [0.05, 0.1) is 11.9 Å². The van der Waals surface area contributed by atoms with E-state index < -0.39 is 0 Å². The Morgan fingerprint density at radius 1 is 1.28 bits per heavy atom. The lowest BCUT2D eigenvalue weighted by molar-refractivity contribution is 0.647. The van der Waals surface area contributed by atoms with Crippen LogP contribution in [0.2, 0.25) is 5.02 Å². The van der Waals surface area contributed by atoms with Crippen molar-refractivity contribution in [1.82, 2.24) is 15.4 Å². The van der Waals surface area contributed by atoms with Crippen molar-refractivity contribution in [3.05, 3.63) is 45.7 Å². The second-order valence-electron chi connectivity index (χ2n) is 4.73. The quantitative estimate of drug-likeness (QED) is 0.911. The van der Waals surface area contributed by atoms with Crippen LogP contribution in [0, 0.1) is 13.8 Å². The summed E-state index contributed by atoms with van der Waals surface area (Å²) < 4.78 is 0. The highest BCUT2D eigenvalue weighted by atomic mass is 35.5. The molecule has 18 heavy (non-hydrogen) atoms. The van der Waals surface area contributed by atoms with E-state index in [9.17, 15) is 0 Å². The number of hydrogen-bond acceptors (Lipinski definition) is 2. The van der Waals surface area contributed by atoms with Crippen LogP contribution in [0.5, 0.6) is 0 Å². The molecule has 1 aromatic heterocycles. The number of H-pyrrole nitrogens is 1. The molecule has 1 unspecified atom stereocenters. The zero-order valence-electron chi connectivity index (χ0n) is 11.0. The van der Waals surface area contributed by atoms with Crippen molar-refractivity contribution in [3.63, 3.8) is 0 Å². The van der Waals surface area contributed by atoms with Gasteiger partial charge in [0.15, 0.2) is 0 Å². The predicted octanol–water partition coefficient (Wildman–Crippen LogP) is 3.81. The fourth-order valence-corrected chi connectivity index (χ4v) is 2.54. The minimum absolute atomic E-state index is 0.391. The highest BCUT2D eigenvalue weighted by molar-refractivity contribution is 6.31. The molecule has 3 nitrogen and oxygen atoms in total. The summed E-state index contributed by atoms with van der Waals surface area (Å²) in [7, 11) is 0. The van der Waals surface area contributed by atoms with Crippen LogP contribution in [0.4, 0.5) is 0 Å². The van der Waals surface area contributed by atoms with Crippen molar-refractivity contribution >= 4 is 11.6 Å². The van der Waals surface area contributed by atoms with Crippen LogP contribution < -0.4 is 0 Å². The van der Waals surface area contributed by atoms with E-state index in [0.717, 1.165) is 23.6 Å². The van der Waals surface area contributed by atoms with Gasteiger partial charge >= 0.3 is 0 Å². The van der Waals surface area contributed by atoms with E-state index in [-0.39, 0.29) is 0 Å². The van der Waals surface area contributed by atoms with Crippen molar-refractivity contribution < 1.29 is 0 Å². The van der Waals surface area contributed by atoms with Crippen LogP contribution in [0.25, 0.3) is 0 Å². The van der Waals surface area contributed by atoms with E-state index in [2.05, 4.69) is 48.3 Å². The first-order valence-electron chi connectivity index (χ1n) is 6.23. The number of hydrogen-bond donors (Lipinski definition) is 1. The zero-order valence-corrected chi connectivity index (χ0v) is 11.8. The van der Waals surface area contributed by atoms with Crippen LogP contribution in [-0.4, -0.2) is 15.4 Å². The van der Waals surface area contributed by atoms with Crippen molar-refractivity contribution in [3.8, 4) is 0 Å². The first kappa shape index (κ1) is 13.1. The number of aromatic nitrogens is 3. The van der Waals surface area contributed by atoms with Crippen LogP contribution >= 0.6 is 11.6 Å². The minimum Gasteiger partial charge on any atom is -0.198 e. The van der Waals surface area contributed by atoms with Gasteiger partial charge in [-0.25, -0.2) is 0 Å². The van der Waals surface area contributed by atoms with Gasteiger partial charge in [-0.2, -0.15) is 15.4 Å². The summed E-state index contributed by atoms with van der Waals surface area (Å²) in [5.41, 5.74) is 4.72. The standard InChI is InChI=1S/C14H18ClN3/c1-4-11(7-12-8-16-18-17-12)13-5-9(2)10(3)6-14(13)15/h5-6,8,11H,4,7H2,1-3H3,(H,16,17,18). The van der Waals surface area contributed by atoms with Crippen molar-refractivity contribution in [1.29, 1.82) is 0 Å². The van der Waals surface area contributed by atoms with Crippen molar-refractivity contribution in [2.75, 3.05) is 0 Å². The van der Waals surface area contributed by atoms with Gasteiger partial charge < -0.3 is 0 Å². The van der Waals surface area contributed by atoms with E-state index in [4.69, 9.17) is 11.6 Å². The lowest BCUT2D eigenvalue weighted by Gasteiger charge is -2.17. The molecule has 0 bridgehead atoms. The molecule has 2 rings (SSSR count). The van der Waals surface area contributed by atoms with Gasteiger partial charge in [-0.05, 0) is 48.9 Å². The van der Waals surface area contributed by atoms with E-state index in [1.165, 1.54) is 16.7 Å². The molecule has 0 spiro atoms. The number of rotatable bonds is 4. The Kier molecular flexibility index (Phi) is 4.02. The van der Waals surface area contributed by atoms with Crippen molar-refractivity contribution in [2.45, 2.75) is 39.5 Å². The third-order valence-corrected chi connectivity index (χ3v) is 3.79. The Morgan fingerprint density at radius 2 is 2.00 bits per heavy atom. The molecule has 2 aromatic rings. The molecule has 0 aliphatic heterocycles. The smallest absolute Gasteiger partial charge is 0.0830 e. The molecule has 0 fully saturated rings.